The van der Waals surface area contributed by atoms with Gasteiger partial charge in [-0.1, -0.05) is 24.3 Å². The Morgan fingerprint density at radius 3 is 2.74 bits per heavy atom. The van der Waals surface area contributed by atoms with Crippen LogP contribution in [0.1, 0.15) is 33.5 Å². The van der Waals surface area contributed by atoms with E-state index in [2.05, 4.69) is 30.6 Å². The number of rotatable bonds is 8. The second-order valence-corrected chi connectivity index (χ2v) is 11.3. The van der Waals surface area contributed by atoms with Crippen molar-refractivity contribution in [3.63, 3.8) is 0 Å². The molecule has 0 unspecified atom stereocenters. The van der Waals surface area contributed by atoms with Gasteiger partial charge in [-0.05, 0) is 66.6 Å². The van der Waals surface area contributed by atoms with E-state index in [1.54, 1.807) is 61.5 Å². The average molecular weight is 634 g/mol. The minimum atomic E-state index is -0.489. The molecule has 13 heteroatoms. The molecule has 7 rings (SSSR count). The zero-order valence-corrected chi connectivity index (χ0v) is 25.0. The SMILES string of the molecule is CCOC(=O)C=Cc1ccc(NC(=O)c2sc3ncnc4c3c2NC(=O)N4c2ccc3nc(Cc4cccc(F)c4)[nH]c3c2)cc1. The smallest absolute Gasteiger partial charge is 0.332 e. The standard InChI is InChI=1S/C33H24FN7O4S/c1-2-45-26(42)13-8-18-6-9-21(10-7-18)37-31(43)29-28-27-30(35-17-36-32(27)46-29)41(33(44)40-28)22-11-12-23-24(16-22)39-25(38-23)15-19-4-3-5-20(34)14-19/h3-14,16-17H,2,15H2,1H3,(H,37,43)(H,38,39)(H,40,44). The third-order valence-corrected chi connectivity index (χ3v) is 8.32. The van der Waals surface area contributed by atoms with E-state index in [-0.39, 0.29) is 10.7 Å². The number of benzene rings is 3. The van der Waals surface area contributed by atoms with Crippen LogP contribution in [0.3, 0.4) is 0 Å². The molecule has 1 aliphatic rings. The molecule has 11 nitrogen and oxygen atoms in total. The van der Waals surface area contributed by atoms with Crippen molar-refractivity contribution in [1.82, 2.24) is 19.9 Å². The van der Waals surface area contributed by atoms with Crippen LogP contribution in [0.25, 0.3) is 27.3 Å². The van der Waals surface area contributed by atoms with E-state index in [4.69, 9.17) is 4.74 Å². The molecule has 0 fully saturated rings. The first-order valence-corrected chi connectivity index (χ1v) is 15.1. The number of fused-ring (bicyclic) bond motifs is 1. The second kappa shape index (κ2) is 11.9. The highest BCUT2D eigenvalue weighted by atomic mass is 32.1. The molecule has 0 saturated carbocycles. The van der Waals surface area contributed by atoms with Crippen molar-refractivity contribution in [2.75, 3.05) is 22.1 Å². The molecule has 0 atom stereocenters. The van der Waals surface area contributed by atoms with E-state index in [9.17, 15) is 18.8 Å². The molecule has 6 aromatic rings. The summed E-state index contributed by atoms with van der Waals surface area (Å²) in [5, 5.41) is 6.28. The van der Waals surface area contributed by atoms with E-state index in [0.717, 1.165) is 22.5 Å². The summed E-state index contributed by atoms with van der Waals surface area (Å²) in [5.41, 5.74) is 4.32. The molecule has 0 bridgehead atoms. The van der Waals surface area contributed by atoms with Crippen LogP contribution >= 0.6 is 11.3 Å². The van der Waals surface area contributed by atoms with Crippen LogP contribution in [0.5, 0.6) is 0 Å². The number of nitrogens with one attached hydrogen (secondary N) is 3. The number of nitrogens with zero attached hydrogens (tertiary/aromatic N) is 4. The monoisotopic (exact) mass is 633 g/mol. The van der Waals surface area contributed by atoms with Gasteiger partial charge in [0.2, 0.25) is 0 Å². The van der Waals surface area contributed by atoms with Crippen LogP contribution in [0.2, 0.25) is 0 Å². The van der Waals surface area contributed by atoms with Crippen molar-refractivity contribution in [2.45, 2.75) is 13.3 Å². The predicted octanol–water partition coefficient (Wildman–Crippen LogP) is 6.81. The Morgan fingerprint density at radius 1 is 1.09 bits per heavy atom. The normalized spacial score (nSPS) is 12.6. The fourth-order valence-electron chi connectivity index (χ4n) is 5.20. The van der Waals surface area contributed by atoms with Crippen LogP contribution in [-0.4, -0.2) is 44.5 Å². The number of imidazole rings is 1. The van der Waals surface area contributed by atoms with Gasteiger partial charge in [0.05, 0.1) is 34.4 Å². The van der Waals surface area contributed by atoms with Crippen LogP contribution < -0.4 is 15.5 Å². The molecule has 3 N–H and O–H groups in total. The molecule has 3 aromatic heterocycles. The number of anilines is 4. The molecule has 0 spiro atoms. The number of H-pyrrole nitrogens is 1. The first-order chi connectivity index (χ1) is 22.4. The summed E-state index contributed by atoms with van der Waals surface area (Å²) >= 11 is 1.15. The molecule has 46 heavy (non-hydrogen) atoms. The third-order valence-electron chi connectivity index (χ3n) is 7.22. The Morgan fingerprint density at radius 2 is 1.93 bits per heavy atom. The zero-order chi connectivity index (χ0) is 31.8. The van der Waals surface area contributed by atoms with Crippen molar-refractivity contribution >= 4 is 79.5 Å². The van der Waals surface area contributed by atoms with Crippen molar-refractivity contribution in [3.8, 4) is 0 Å². The van der Waals surface area contributed by atoms with Gasteiger partial charge in [0.25, 0.3) is 5.91 Å². The van der Waals surface area contributed by atoms with E-state index in [1.807, 2.05) is 6.07 Å². The molecule has 1 aliphatic heterocycles. The van der Waals surface area contributed by atoms with Gasteiger partial charge in [0, 0.05) is 18.2 Å². The second-order valence-electron chi connectivity index (χ2n) is 10.3. The number of carbonyl (C=O) groups excluding carboxylic acids is 3. The maximum Gasteiger partial charge on any atom is 0.332 e. The number of ether oxygens (including phenoxy) is 1. The number of aromatic amines is 1. The lowest BCUT2D eigenvalue weighted by Crippen LogP contribution is -2.35. The van der Waals surface area contributed by atoms with Gasteiger partial charge in [0.1, 0.15) is 27.7 Å². The van der Waals surface area contributed by atoms with Gasteiger partial charge in [-0.3, -0.25) is 4.79 Å². The van der Waals surface area contributed by atoms with Gasteiger partial charge < -0.3 is 20.4 Å². The topological polar surface area (TPSA) is 142 Å². The molecule has 4 heterocycles. The molecular formula is C33H24FN7O4S. The van der Waals surface area contributed by atoms with Crippen molar-refractivity contribution < 1.29 is 23.5 Å². The highest BCUT2D eigenvalue weighted by Gasteiger charge is 2.34. The third kappa shape index (κ3) is 5.55. The van der Waals surface area contributed by atoms with Crippen LogP contribution in [0, 0.1) is 5.82 Å². The Balaban J connectivity index is 1.15. The van der Waals surface area contributed by atoms with Gasteiger partial charge in [-0.25, -0.2) is 33.8 Å². The Labute approximate surface area is 264 Å². The van der Waals surface area contributed by atoms with E-state index in [0.29, 0.717) is 63.0 Å². The molecule has 3 aromatic carbocycles. The predicted molar refractivity (Wildman–Crippen MR) is 174 cm³/mol. The maximum absolute atomic E-state index is 13.7. The summed E-state index contributed by atoms with van der Waals surface area (Å²) in [4.78, 5) is 57.5. The van der Waals surface area contributed by atoms with Gasteiger partial charge in [0.15, 0.2) is 5.82 Å². The van der Waals surface area contributed by atoms with Crippen LogP contribution in [0.4, 0.5) is 32.1 Å². The number of urea groups is 1. The molecule has 0 radical (unpaired) electrons. The van der Waals surface area contributed by atoms with E-state index >= 15 is 0 Å². The lowest BCUT2D eigenvalue weighted by atomic mass is 10.1. The quantitative estimate of drug-likeness (QED) is 0.123. The summed E-state index contributed by atoms with van der Waals surface area (Å²) in [6, 6.07) is 18.1. The lowest BCUT2D eigenvalue weighted by Gasteiger charge is -2.27. The Hall–Kier alpha value is -5.95. The van der Waals surface area contributed by atoms with Crippen LogP contribution in [0.15, 0.2) is 79.1 Å². The van der Waals surface area contributed by atoms with Crippen LogP contribution in [-0.2, 0) is 16.0 Å². The number of aromatic nitrogens is 4. The fraction of sp³-hybridized carbons (Fsp3) is 0.0909. The molecular weight excluding hydrogens is 609 g/mol. The first kappa shape index (κ1) is 28.8. The highest BCUT2D eigenvalue weighted by molar-refractivity contribution is 7.21. The molecule has 0 saturated heterocycles. The largest absolute Gasteiger partial charge is 0.463 e. The number of carbonyl (C=O) groups is 3. The fourth-order valence-corrected chi connectivity index (χ4v) is 6.19. The van der Waals surface area contributed by atoms with Crippen molar-refractivity contribution in [1.29, 1.82) is 0 Å². The molecule has 3 amide bonds. The summed E-state index contributed by atoms with van der Waals surface area (Å²) in [6.07, 6.45) is 4.73. The van der Waals surface area contributed by atoms with E-state index in [1.165, 1.54) is 29.4 Å². The lowest BCUT2D eigenvalue weighted by molar-refractivity contribution is -0.137. The van der Waals surface area contributed by atoms with Gasteiger partial charge >= 0.3 is 12.0 Å². The van der Waals surface area contributed by atoms with Gasteiger partial charge in [-0.2, -0.15) is 0 Å². The summed E-state index contributed by atoms with van der Waals surface area (Å²) < 4.78 is 18.6. The Bertz CT molecular complexity index is 2190. The van der Waals surface area contributed by atoms with Gasteiger partial charge in [-0.15, -0.1) is 11.3 Å². The average Bonchev–Trinajstić information content (AvgIpc) is 3.62. The number of hydrogen-bond donors (Lipinski definition) is 3. The number of hydrogen-bond acceptors (Lipinski definition) is 8. The van der Waals surface area contributed by atoms with Crippen molar-refractivity contribution in [3.05, 3.63) is 107 Å². The summed E-state index contributed by atoms with van der Waals surface area (Å²) in [7, 11) is 0. The maximum atomic E-state index is 13.7. The molecule has 228 valence electrons. The zero-order valence-electron chi connectivity index (χ0n) is 24.2. The Kier molecular flexibility index (Phi) is 7.42. The summed E-state index contributed by atoms with van der Waals surface area (Å²) in [5.74, 6) is -0.167. The highest BCUT2D eigenvalue weighted by Crippen LogP contribution is 2.45. The minimum Gasteiger partial charge on any atom is -0.463 e. The minimum absolute atomic E-state index is 0.280. The summed E-state index contributed by atoms with van der Waals surface area (Å²) in [6.45, 7) is 2.03. The van der Waals surface area contributed by atoms with Crippen molar-refractivity contribution in [2.24, 2.45) is 0 Å². The number of halogens is 1. The first-order valence-electron chi connectivity index (χ1n) is 14.2. The molecule has 0 aliphatic carbocycles. The number of esters is 1. The number of amides is 3. The van der Waals surface area contributed by atoms with E-state index < -0.39 is 17.9 Å². The number of thiophene rings is 1.